The van der Waals surface area contributed by atoms with Gasteiger partial charge in [-0.3, -0.25) is 0 Å². The van der Waals surface area contributed by atoms with E-state index in [2.05, 4.69) is 23.5 Å². The van der Waals surface area contributed by atoms with Crippen LogP contribution < -0.4 is 0 Å². The lowest BCUT2D eigenvalue weighted by atomic mass is 9.91. The van der Waals surface area contributed by atoms with Crippen LogP contribution in [-0.4, -0.2) is 29.8 Å². The van der Waals surface area contributed by atoms with Gasteiger partial charge >= 0.3 is 0 Å². The Balaban J connectivity index is 1.93. The summed E-state index contributed by atoms with van der Waals surface area (Å²) in [5, 5.41) is 1.29. The molecule has 0 saturated carbocycles. The fourth-order valence-corrected chi connectivity index (χ4v) is 3.85. The van der Waals surface area contributed by atoms with Gasteiger partial charge in [0, 0.05) is 22.0 Å². The van der Waals surface area contributed by atoms with E-state index in [1.807, 2.05) is 0 Å². The first-order valence-electron chi connectivity index (χ1n) is 3.15. The molecule has 0 amide bonds. The summed E-state index contributed by atoms with van der Waals surface area (Å²) in [6.45, 7) is 2.04. The normalized spacial score (nSPS) is 32.0. The van der Waals surface area contributed by atoms with Crippen molar-refractivity contribution in [2.45, 2.75) is 0 Å². The molecule has 0 aromatic rings. The molecule has 0 atom stereocenters. The molecule has 2 rings (SSSR count). The minimum atomic E-state index is 0.605. The third kappa shape index (κ3) is 1.10. The molecule has 0 aliphatic carbocycles. The highest BCUT2D eigenvalue weighted by Gasteiger charge is 2.39. The standard InChI is InChI=1S/C6H10OS2/c1-6(2-7-1)3-8-5-9-4-6/h1-5H2. The van der Waals surface area contributed by atoms with E-state index in [4.69, 9.17) is 4.74 Å². The molecule has 2 fully saturated rings. The van der Waals surface area contributed by atoms with Gasteiger partial charge in [-0.2, -0.15) is 23.5 Å². The third-order valence-corrected chi connectivity index (χ3v) is 4.77. The van der Waals surface area contributed by atoms with Crippen LogP contribution in [0.3, 0.4) is 0 Å². The Labute approximate surface area is 63.9 Å². The molecule has 2 saturated heterocycles. The number of thioether (sulfide) groups is 2. The van der Waals surface area contributed by atoms with Crippen LogP contribution in [0.4, 0.5) is 0 Å². The predicted molar refractivity (Wildman–Crippen MR) is 43.0 cm³/mol. The molecular weight excluding hydrogens is 152 g/mol. The first kappa shape index (κ1) is 6.38. The van der Waals surface area contributed by atoms with Crippen molar-refractivity contribution in [3.8, 4) is 0 Å². The van der Waals surface area contributed by atoms with Crippen LogP contribution >= 0.6 is 23.5 Å². The summed E-state index contributed by atoms with van der Waals surface area (Å²) in [5.41, 5.74) is 0.605. The van der Waals surface area contributed by atoms with Gasteiger partial charge in [0.2, 0.25) is 0 Å². The minimum Gasteiger partial charge on any atom is -0.380 e. The van der Waals surface area contributed by atoms with Crippen LogP contribution in [0.15, 0.2) is 0 Å². The van der Waals surface area contributed by atoms with E-state index >= 15 is 0 Å². The van der Waals surface area contributed by atoms with Crippen LogP contribution in [0.5, 0.6) is 0 Å². The van der Waals surface area contributed by atoms with Gasteiger partial charge in [0.25, 0.3) is 0 Å². The topological polar surface area (TPSA) is 9.23 Å². The van der Waals surface area contributed by atoms with Crippen LogP contribution in [0.25, 0.3) is 0 Å². The van der Waals surface area contributed by atoms with E-state index in [0.29, 0.717) is 5.41 Å². The van der Waals surface area contributed by atoms with E-state index < -0.39 is 0 Å². The Hall–Kier alpha value is 0.660. The molecule has 0 radical (unpaired) electrons. The number of ether oxygens (including phenoxy) is 1. The quantitative estimate of drug-likeness (QED) is 0.533. The third-order valence-electron chi connectivity index (χ3n) is 1.80. The van der Waals surface area contributed by atoms with Gasteiger partial charge in [0.15, 0.2) is 0 Å². The zero-order chi connectivity index (χ0) is 6.16. The molecule has 0 aromatic heterocycles. The molecule has 52 valence electrons. The first-order chi connectivity index (χ1) is 4.41. The van der Waals surface area contributed by atoms with Crippen molar-refractivity contribution >= 4 is 23.5 Å². The second kappa shape index (κ2) is 2.36. The van der Waals surface area contributed by atoms with E-state index in [0.717, 1.165) is 13.2 Å². The average molecular weight is 162 g/mol. The molecule has 0 bridgehead atoms. The average Bonchev–Trinajstić information content (AvgIpc) is 1.87. The molecule has 3 heteroatoms. The first-order valence-corrected chi connectivity index (χ1v) is 5.46. The SMILES string of the molecule is C1SCC2(COC2)CS1. The predicted octanol–water partition coefficient (Wildman–Crippen LogP) is 1.44. The smallest absolute Gasteiger partial charge is 0.0560 e. The van der Waals surface area contributed by atoms with Crippen LogP contribution in [0, 0.1) is 5.41 Å². The molecule has 0 N–H and O–H groups in total. The monoisotopic (exact) mass is 162 g/mol. The van der Waals surface area contributed by atoms with E-state index in [1.54, 1.807) is 0 Å². The van der Waals surface area contributed by atoms with Crippen molar-refractivity contribution in [2.24, 2.45) is 5.41 Å². The van der Waals surface area contributed by atoms with Crippen molar-refractivity contribution in [1.29, 1.82) is 0 Å². The summed E-state index contributed by atoms with van der Waals surface area (Å²) in [4.78, 5) is 0. The van der Waals surface area contributed by atoms with Crippen molar-refractivity contribution in [2.75, 3.05) is 29.8 Å². The molecular formula is C6H10OS2. The molecule has 2 aliphatic heterocycles. The van der Waals surface area contributed by atoms with E-state index in [-0.39, 0.29) is 0 Å². The second-order valence-corrected chi connectivity index (χ2v) is 5.14. The maximum Gasteiger partial charge on any atom is 0.0560 e. The summed E-state index contributed by atoms with van der Waals surface area (Å²) in [6.07, 6.45) is 0. The number of hydrogen-bond donors (Lipinski definition) is 0. The zero-order valence-electron chi connectivity index (χ0n) is 5.26. The molecule has 1 spiro atoms. The minimum absolute atomic E-state index is 0.605. The number of hydrogen-bond acceptors (Lipinski definition) is 3. The lowest BCUT2D eigenvalue weighted by molar-refractivity contribution is -0.0833. The molecule has 0 aromatic carbocycles. The van der Waals surface area contributed by atoms with Crippen molar-refractivity contribution in [3.63, 3.8) is 0 Å². The fourth-order valence-electron chi connectivity index (χ4n) is 1.17. The highest BCUT2D eigenvalue weighted by Crippen LogP contribution is 2.40. The van der Waals surface area contributed by atoms with Gasteiger partial charge in [-0.1, -0.05) is 0 Å². The second-order valence-electron chi connectivity index (χ2n) is 2.81. The largest absolute Gasteiger partial charge is 0.380 e. The summed E-state index contributed by atoms with van der Waals surface area (Å²) in [6, 6.07) is 0. The van der Waals surface area contributed by atoms with Crippen molar-refractivity contribution in [3.05, 3.63) is 0 Å². The molecule has 2 aliphatic rings. The lowest BCUT2D eigenvalue weighted by Gasteiger charge is -2.43. The van der Waals surface area contributed by atoms with Gasteiger partial charge < -0.3 is 4.74 Å². The fraction of sp³-hybridized carbons (Fsp3) is 1.00. The van der Waals surface area contributed by atoms with Crippen LogP contribution in [0.2, 0.25) is 0 Å². The molecule has 1 nitrogen and oxygen atoms in total. The Bertz CT molecular complexity index is 104. The molecule has 2 heterocycles. The lowest BCUT2D eigenvalue weighted by Crippen LogP contribution is -2.48. The van der Waals surface area contributed by atoms with Crippen molar-refractivity contribution in [1.82, 2.24) is 0 Å². The zero-order valence-corrected chi connectivity index (χ0v) is 6.89. The Morgan fingerprint density at radius 1 is 1.11 bits per heavy atom. The van der Waals surface area contributed by atoms with Gasteiger partial charge in [0.1, 0.15) is 0 Å². The summed E-state index contributed by atoms with van der Waals surface area (Å²) in [5.74, 6) is 2.67. The summed E-state index contributed by atoms with van der Waals surface area (Å²) < 4.78 is 5.19. The summed E-state index contributed by atoms with van der Waals surface area (Å²) in [7, 11) is 0. The van der Waals surface area contributed by atoms with E-state index in [9.17, 15) is 0 Å². The van der Waals surface area contributed by atoms with Gasteiger partial charge in [-0.25, -0.2) is 0 Å². The maximum absolute atomic E-state index is 5.19. The Morgan fingerprint density at radius 3 is 2.11 bits per heavy atom. The Kier molecular flexibility index (Phi) is 1.67. The highest BCUT2D eigenvalue weighted by molar-refractivity contribution is 8.16. The molecule has 0 unspecified atom stereocenters. The van der Waals surface area contributed by atoms with Gasteiger partial charge in [-0.05, 0) is 0 Å². The summed E-state index contributed by atoms with van der Waals surface area (Å²) >= 11 is 4.12. The number of rotatable bonds is 0. The van der Waals surface area contributed by atoms with Crippen LogP contribution in [-0.2, 0) is 4.74 Å². The highest BCUT2D eigenvalue weighted by atomic mass is 32.2. The molecule has 9 heavy (non-hydrogen) atoms. The Morgan fingerprint density at radius 2 is 1.78 bits per heavy atom. The van der Waals surface area contributed by atoms with Crippen molar-refractivity contribution < 1.29 is 4.74 Å². The van der Waals surface area contributed by atoms with Gasteiger partial charge in [-0.15, -0.1) is 0 Å². The van der Waals surface area contributed by atoms with Gasteiger partial charge in [0.05, 0.1) is 13.2 Å². The maximum atomic E-state index is 5.19. The van der Waals surface area contributed by atoms with E-state index in [1.165, 1.54) is 16.6 Å². The van der Waals surface area contributed by atoms with Crippen LogP contribution in [0.1, 0.15) is 0 Å².